The van der Waals surface area contributed by atoms with Crippen molar-refractivity contribution in [2.45, 2.75) is 11.4 Å². The first-order valence-electron chi connectivity index (χ1n) is 7.86. The number of sulfonamides is 1. The Labute approximate surface area is 155 Å². The average molecular weight is 389 g/mol. The molecular weight excluding hydrogens is 373 g/mol. The van der Waals surface area contributed by atoms with Crippen molar-refractivity contribution in [2.24, 2.45) is 7.05 Å². The molecule has 0 saturated carbocycles. The molecule has 0 atom stereocenters. The van der Waals surface area contributed by atoms with Crippen LogP contribution in [0.5, 0.6) is 0 Å². The van der Waals surface area contributed by atoms with Crippen LogP contribution in [0.2, 0.25) is 0 Å². The molecule has 0 fully saturated rings. The summed E-state index contributed by atoms with van der Waals surface area (Å²) in [5, 5.41) is 13.1. The van der Waals surface area contributed by atoms with Gasteiger partial charge in [0.05, 0.1) is 28.9 Å². The third-order valence-corrected chi connectivity index (χ3v) is 5.64. The first-order chi connectivity index (χ1) is 12.8. The van der Waals surface area contributed by atoms with Gasteiger partial charge in [-0.3, -0.25) is 8.99 Å². The zero-order chi connectivity index (χ0) is 19.6. The van der Waals surface area contributed by atoms with E-state index in [1.165, 1.54) is 47.3 Å². The number of carboxylic acid groups (broad SMARTS) is 1. The molecule has 1 heterocycles. The molecule has 0 unspecified atom stereocenters. The maximum atomic E-state index is 13.6. The maximum Gasteiger partial charge on any atom is 0.335 e. The Morgan fingerprint density at radius 2 is 1.93 bits per heavy atom. The molecule has 0 aliphatic rings. The first-order valence-corrected chi connectivity index (χ1v) is 9.30. The zero-order valence-electron chi connectivity index (χ0n) is 14.3. The number of aryl methyl sites for hydroxylation is 1. The van der Waals surface area contributed by atoms with Gasteiger partial charge >= 0.3 is 5.97 Å². The van der Waals surface area contributed by atoms with E-state index in [9.17, 15) is 17.6 Å². The average Bonchev–Trinajstić information content (AvgIpc) is 3.05. The van der Waals surface area contributed by atoms with Gasteiger partial charge in [-0.1, -0.05) is 6.07 Å². The molecule has 2 aromatic carbocycles. The van der Waals surface area contributed by atoms with E-state index >= 15 is 0 Å². The number of carboxylic acids is 1. The van der Waals surface area contributed by atoms with Crippen LogP contribution in [0.25, 0.3) is 0 Å². The van der Waals surface area contributed by atoms with Crippen LogP contribution in [0, 0.1) is 5.82 Å². The van der Waals surface area contributed by atoms with Crippen LogP contribution >= 0.6 is 0 Å². The summed E-state index contributed by atoms with van der Waals surface area (Å²) < 4.78 is 42.5. The summed E-state index contributed by atoms with van der Waals surface area (Å²) in [5.41, 5.74) is 0.913. The lowest BCUT2D eigenvalue weighted by atomic mass is 10.2. The number of hydrogen-bond acceptors (Lipinski definition) is 4. The number of aromatic carboxylic acids is 1. The molecule has 0 radical (unpaired) electrons. The van der Waals surface area contributed by atoms with Crippen molar-refractivity contribution in [1.82, 2.24) is 9.78 Å². The highest BCUT2D eigenvalue weighted by atomic mass is 32.2. The first kappa shape index (κ1) is 18.6. The Balaban J connectivity index is 2.07. The second-order valence-corrected chi connectivity index (χ2v) is 7.71. The minimum absolute atomic E-state index is 0.0308. The van der Waals surface area contributed by atoms with Crippen LogP contribution in [0.3, 0.4) is 0 Å². The van der Waals surface area contributed by atoms with Gasteiger partial charge in [0.15, 0.2) is 0 Å². The normalized spacial score (nSPS) is 11.3. The second kappa shape index (κ2) is 7.20. The number of carbonyl (C=O) groups is 1. The molecule has 3 aromatic rings. The summed E-state index contributed by atoms with van der Waals surface area (Å²) in [7, 11) is -2.38. The van der Waals surface area contributed by atoms with Crippen molar-refractivity contribution >= 4 is 21.7 Å². The predicted molar refractivity (Wildman–Crippen MR) is 96.4 cm³/mol. The minimum atomic E-state index is -4.09. The van der Waals surface area contributed by atoms with Gasteiger partial charge in [-0.25, -0.2) is 17.6 Å². The van der Waals surface area contributed by atoms with Crippen LogP contribution in [0.1, 0.15) is 15.9 Å². The molecular formula is C18H16FN3O4S. The summed E-state index contributed by atoms with van der Waals surface area (Å²) >= 11 is 0. The van der Waals surface area contributed by atoms with E-state index in [0.29, 0.717) is 5.56 Å². The third kappa shape index (κ3) is 3.98. The molecule has 27 heavy (non-hydrogen) atoms. The van der Waals surface area contributed by atoms with Gasteiger partial charge in [0.25, 0.3) is 10.0 Å². The largest absolute Gasteiger partial charge is 0.478 e. The number of anilines is 1. The van der Waals surface area contributed by atoms with Gasteiger partial charge in [0.1, 0.15) is 5.82 Å². The molecule has 1 N–H and O–H groups in total. The molecule has 7 nitrogen and oxygen atoms in total. The lowest BCUT2D eigenvalue weighted by Gasteiger charge is -2.24. The Bertz CT molecular complexity index is 1080. The van der Waals surface area contributed by atoms with Crippen LogP contribution in [0.15, 0.2) is 65.8 Å². The van der Waals surface area contributed by atoms with Gasteiger partial charge in [-0.15, -0.1) is 0 Å². The number of nitrogens with zero attached hydrogens (tertiary/aromatic N) is 3. The van der Waals surface area contributed by atoms with Gasteiger partial charge in [-0.05, 0) is 42.5 Å². The fourth-order valence-corrected chi connectivity index (χ4v) is 4.04. The Morgan fingerprint density at radius 3 is 2.48 bits per heavy atom. The van der Waals surface area contributed by atoms with Crippen molar-refractivity contribution in [3.8, 4) is 0 Å². The van der Waals surface area contributed by atoms with Crippen LogP contribution in [-0.2, 0) is 23.6 Å². The van der Waals surface area contributed by atoms with E-state index in [1.54, 1.807) is 13.2 Å². The molecule has 9 heteroatoms. The Morgan fingerprint density at radius 1 is 1.22 bits per heavy atom. The number of halogens is 1. The summed E-state index contributed by atoms with van der Waals surface area (Å²) in [4.78, 5) is 10.8. The molecule has 0 amide bonds. The van der Waals surface area contributed by atoms with Crippen molar-refractivity contribution in [3.63, 3.8) is 0 Å². The molecule has 0 spiro atoms. The van der Waals surface area contributed by atoms with E-state index < -0.39 is 21.8 Å². The molecule has 0 saturated heterocycles. The predicted octanol–water partition coefficient (Wildman–Crippen LogP) is 2.65. The van der Waals surface area contributed by atoms with Crippen molar-refractivity contribution in [1.29, 1.82) is 0 Å². The smallest absolute Gasteiger partial charge is 0.335 e. The lowest BCUT2D eigenvalue weighted by Crippen LogP contribution is -2.30. The number of aromatic nitrogens is 2. The van der Waals surface area contributed by atoms with Crippen LogP contribution in [0.4, 0.5) is 10.1 Å². The highest BCUT2D eigenvalue weighted by Crippen LogP contribution is 2.26. The fourth-order valence-electron chi connectivity index (χ4n) is 2.56. The van der Waals surface area contributed by atoms with E-state index in [4.69, 9.17) is 5.11 Å². The highest BCUT2D eigenvalue weighted by Gasteiger charge is 2.26. The van der Waals surface area contributed by atoms with E-state index in [1.807, 2.05) is 0 Å². The summed E-state index contributed by atoms with van der Waals surface area (Å²) in [5.74, 6) is -1.79. The molecule has 140 valence electrons. The van der Waals surface area contributed by atoms with E-state index in [0.717, 1.165) is 16.4 Å². The van der Waals surface area contributed by atoms with E-state index in [2.05, 4.69) is 5.10 Å². The number of benzene rings is 2. The maximum absolute atomic E-state index is 13.6. The summed E-state index contributed by atoms with van der Waals surface area (Å²) in [6.45, 7) is -0.0426. The second-order valence-electron chi connectivity index (χ2n) is 5.84. The van der Waals surface area contributed by atoms with Gasteiger partial charge in [0.2, 0.25) is 0 Å². The lowest BCUT2D eigenvalue weighted by molar-refractivity contribution is 0.0697. The molecule has 0 aliphatic carbocycles. The molecule has 0 aliphatic heterocycles. The molecule has 0 bridgehead atoms. The molecule has 3 rings (SSSR count). The van der Waals surface area contributed by atoms with Crippen molar-refractivity contribution < 1.29 is 22.7 Å². The minimum Gasteiger partial charge on any atom is -0.478 e. The van der Waals surface area contributed by atoms with Crippen molar-refractivity contribution in [2.75, 3.05) is 4.31 Å². The van der Waals surface area contributed by atoms with Crippen LogP contribution < -0.4 is 4.31 Å². The molecule has 1 aromatic heterocycles. The van der Waals surface area contributed by atoms with Crippen LogP contribution in [-0.4, -0.2) is 29.3 Å². The van der Waals surface area contributed by atoms with Gasteiger partial charge in [0, 0.05) is 18.8 Å². The Kier molecular flexibility index (Phi) is 4.95. The van der Waals surface area contributed by atoms with E-state index in [-0.39, 0.29) is 22.7 Å². The van der Waals surface area contributed by atoms with Crippen molar-refractivity contribution in [3.05, 3.63) is 77.9 Å². The quantitative estimate of drug-likeness (QED) is 0.700. The zero-order valence-corrected chi connectivity index (χ0v) is 15.1. The SMILES string of the molecule is Cn1cc(CN(c2ccc(C(=O)O)cc2)S(=O)(=O)c2cccc(F)c2)cn1. The summed E-state index contributed by atoms with van der Waals surface area (Å²) in [6, 6.07) is 10.2. The Hall–Kier alpha value is -3.20. The standard InChI is InChI=1S/C18H16FN3O4S/c1-21-11-13(10-20-21)12-22(16-7-5-14(6-8-16)18(23)24)27(25,26)17-4-2-3-15(19)9-17/h2-11H,12H2,1H3,(H,23,24). The number of hydrogen-bond donors (Lipinski definition) is 1. The van der Waals surface area contributed by atoms with Gasteiger partial charge in [-0.2, -0.15) is 5.10 Å². The van der Waals surface area contributed by atoms with Gasteiger partial charge < -0.3 is 5.11 Å². The monoisotopic (exact) mass is 389 g/mol. The third-order valence-electron chi connectivity index (χ3n) is 3.87. The fraction of sp³-hybridized carbons (Fsp3) is 0.111. The topological polar surface area (TPSA) is 92.5 Å². The highest BCUT2D eigenvalue weighted by molar-refractivity contribution is 7.92. The summed E-state index contributed by atoms with van der Waals surface area (Å²) in [6.07, 6.45) is 3.19. The number of rotatable bonds is 6.